The summed E-state index contributed by atoms with van der Waals surface area (Å²) in [5.41, 5.74) is 0.268. The Balaban J connectivity index is 1.71. The molecule has 3 rings (SSSR count). The molecule has 1 saturated heterocycles. The molecule has 0 spiro atoms. The minimum absolute atomic E-state index is 0.268. The summed E-state index contributed by atoms with van der Waals surface area (Å²) in [5.74, 6) is 2.32. The van der Waals surface area contributed by atoms with E-state index in [-0.39, 0.29) is 5.54 Å². The van der Waals surface area contributed by atoms with Gasteiger partial charge in [0, 0.05) is 31.6 Å². The van der Waals surface area contributed by atoms with Gasteiger partial charge >= 0.3 is 0 Å². The number of nitrogens with zero attached hydrogens (tertiary/aromatic N) is 3. The molecule has 1 aromatic heterocycles. The van der Waals surface area contributed by atoms with E-state index in [2.05, 4.69) is 34.2 Å². The molecule has 1 saturated carbocycles. The zero-order chi connectivity index (χ0) is 13.5. The molecule has 0 aromatic carbocycles. The molecule has 2 heterocycles. The Morgan fingerprint density at radius 3 is 2.84 bits per heavy atom. The first kappa shape index (κ1) is 13.1. The number of piperazine rings is 1. The predicted octanol–water partition coefficient (Wildman–Crippen LogP) is 1.73. The Hall–Kier alpha value is -0.940. The summed E-state index contributed by atoms with van der Waals surface area (Å²) in [5, 5.41) is 7.81. The molecule has 2 fully saturated rings. The summed E-state index contributed by atoms with van der Waals surface area (Å²) < 4.78 is 5.08. The molecule has 2 unspecified atom stereocenters. The van der Waals surface area contributed by atoms with E-state index in [0.717, 1.165) is 37.8 Å². The van der Waals surface area contributed by atoms with E-state index in [1.165, 1.54) is 12.8 Å². The SMILES string of the molecule is CCC1CNC(C)(C2CC2)CN1Cc1noc(C)n1. The molecule has 1 aliphatic carbocycles. The largest absolute Gasteiger partial charge is 0.340 e. The zero-order valence-electron chi connectivity index (χ0n) is 12.1. The summed E-state index contributed by atoms with van der Waals surface area (Å²) in [6.07, 6.45) is 3.90. The van der Waals surface area contributed by atoms with Crippen molar-refractivity contribution in [3.05, 3.63) is 11.7 Å². The maximum Gasteiger partial charge on any atom is 0.223 e. The van der Waals surface area contributed by atoms with Crippen molar-refractivity contribution in [1.29, 1.82) is 0 Å². The van der Waals surface area contributed by atoms with Gasteiger partial charge in [-0.25, -0.2) is 0 Å². The number of hydrogen-bond acceptors (Lipinski definition) is 5. The summed E-state index contributed by atoms with van der Waals surface area (Å²) in [7, 11) is 0. The van der Waals surface area contributed by atoms with E-state index in [1.807, 2.05) is 6.92 Å². The first-order chi connectivity index (χ1) is 9.10. The lowest BCUT2D eigenvalue weighted by Gasteiger charge is -2.46. The van der Waals surface area contributed by atoms with Crippen molar-refractivity contribution in [2.45, 2.75) is 58.2 Å². The van der Waals surface area contributed by atoms with Crippen molar-refractivity contribution in [3.8, 4) is 0 Å². The van der Waals surface area contributed by atoms with Crippen LogP contribution in [0.5, 0.6) is 0 Å². The van der Waals surface area contributed by atoms with Crippen LogP contribution in [0.25, 0.3) is 0 Å². The lowest BCUT2D eigenvalue weighted by atomic mass is 9.90. The molecule has 5 nitrogen and oxygen atoms in total. The third-order valence-electron chi connectivity index (χ3n) is 4.65. The van der Waals surface area contributed by atoms with Gasteiger partial charge in [-0.05, 0) is 32.1 Å². The van der Waals surface area contributed by atoms with Crippen LogP contribution >= 0.6 is 0 Å². The summed E-state index contributed by atoms with van der Waals surface area (Å²) in [6, 6.07) is 0.575. The third-order valence-corrected chi connectivity index (χ3v) is 4.65. The summed E-state index contributed by atoms with van der Waals surface area (Å²) in [6.45, 7) is 9.43. The highest BCUT2D eigenvalue weighted by Gasteiger charge is 2.45. The molecule has 2 atom stereocenters. The predicted molar refractivity (Wildman–Crippen MR) is 72.7 cm³/mol. The second-order valence-electron chi connectivity index (χ2n) is 6.27. The van der Waals surface area contributed by atoms with Gasteiger partial charge in [-0.15, -0.1) is 0 Å². The van der Waals surface area contributed by atoms with Crippen molar-refractivity contribution in [1.82, 2.24) is 20.4 Å². The number of aromatic nitrogens is 2. The van der Waals surface area contributed by atoms with Crippen LogP contribution in [-0.2, 0) is 6.54 Å². The quantitative estimate of drug-likeness (QED) is 0.897. The minimum Gasteiger partial charge on any atom is -0.340 e. The Morgan fingerprint density at radius 1 is 1.47 bits per heavy atom. The van der Waals surface area contributed by atoms with Crippen molar-refractivity contribution in [2.75, 3.05) is 13.1 Å². The van der Waals surface area contributed by atoms with Gasteiger partial charge in [-0.2, -0.15) is 4.98 Å². The Labute approximate surface area is 114 Å². The van der Waals surface area contributed by atoms with Crippen LogP contribution in [-0.4, -0.2) is 39.7 Å². The summed E-state index contributed by atoms with van der Waals surface area (Å²) >= 11 is 0. The topological polar surface area (TPSA) is 54.2 Å². The van der Waals surface area contributed by atoms with Crippen molar-refractivity contribution in [3.63, 3.8) is 0 Å². The molecular weight excluding hydrogens is 240 g/mol. The van der Waals surface area contributed by atoms with Crippen LogP contribution < -0.4 is 5.32 Å². The van der Waals surface area contributed by atoms with Gasteiger partial charge in [0.15, 0.2) is 5.82 Å². The van der Waals surface area contributed by atoms with E-state index >= 15 is 0 Å². The highest BCUT2D eigenvalue weighted by atomic mass is 16.5. The van der Waals surface area contributed by atoms with Crippen LogP contribution in [0, 0.1) is 12.8 Å². The Morgan fingerprint density at radius 2 is 2.26 bits per heavy atom. The maximum atomic E-state index is 5.08. The fraction of sp³-hybridized carbons (Fsp3) is 0.857. The number of nitrogens with one attached hydrogen (secondary N) is 1. The van der Waals surface area contributed by atoms with Crippen LogP contribution in [0.15, 0.2) is 4.52 Å². The minimum atomic E-state index is 0.268. The molecule has 2 aliphatic rings. The average Bonchev–Trinajstić information content (AvgIpc) is 3.16. The second-order valence-corrected chi connectivity index (χ2v) is 6.27. The zero-order valence-corrected chi connectivity index (χ0v) is 12.1. The van der Waals surface area contributed by atoms with Gasteiger partial charge in [0.2, 0.25) is 5.89 Å². The van der Waals surface area contributed by atoms with Crippen molar-refractivity contribution >= 4 is 0 Å². The van der Waals surface area contributed by atoms with E-state index in [9.17, 15) is 0 Å². The van der Waals surface area contributed by atoms with E-state index in [1.54, 1.807) is 0 Å². The van der Waals surface area contributed by atoms with Gasteiger partial charge in [0.1, 0.15) is 0 Å². The third kappa shape index (κ3) is 2.67. The maximum absolute atomic E-state index is 5.08. The molecule has 19 heavy (non-hydrogen) atoms. The molecule has 106 valence electrons. The van der Waals surface area contributed by atoms with Crippen LogP contribution in [0.3, 0.4) is 0 Å². The summed E-state index contributed by atoms with van der Waals surface area (Å²) in [4.78, 5) is 6.87. The number of rotatable bonds is 4. The molecule has 0 bridgehead atoms. The van der Waals surface area contributed by atoms with Gasteiger partial charge in [0.05, 0.1) is 6.54 Å². The van der Waals surface area contributed by atoms with Gasteiger partial charge in [-0.3, -0.25) is 4.90 Å². The smallest absolute Gasteiger partial charge is 0.223 e. The molecule has 1 aromatic rings. The van der Waals surface area contributed by atoms with Gasteiger partial charge in [0.25, 0.3) is 0 Å². The van der Waals surface area contributed by atoms with E-state index in [0.29, 0.717) is 11.9 Å². The molecule has 1 N–H and O–H groups in total. The monoisotopic (exact) mass is 264 g/mol. The van der Waals surface area contributed by atoms with Crippen LogP contribution in [0.1, 0.15) is 44.8 Å². The van der Waals surface area contributed by atoms with Crippen LogP contribution in [0.2, 0.25) is 0 Å². The fourth-order valence-electron chi connectivity index (χ4n) is 3.26. The van der Waals surface area contributed by atoms with E-state index in [4.69, 9.17) is 4.52 Å². The second kappa shape index (κ2) is 4.87. The molecule has 1 aliphatic heterocycles. The lowest BCUT2D eigenvalue weighted by molar-refractivity contribution is 0.0638. The van der Waals surface area contributed by atoms with E-state index < -0.39 is 0 Å². The lowest BCUT2D eigenvalue weighted by Crippen LogP contribution is -2.63. The molecule has 5 heteroatoms. The number of hydrogen-bond donors (Lipinski definition) is 1. The highest BCUT2D eigenvalue weighted by molar-refractivity contribution is 5.04. The molecular formula is C14H24N4O. The average molecular weight is 264 g/mol. The fourth-order valence-corrected chi connectivity index (χ4v) is 3.26. The number of aryl methyl sites for hydroxylation is 1. The van der Waals surface area contributed by atoms with Crippen LogP contribution in [0.4, 0.5) is 0 Å². The van der Waals surface area contributed by atoms with Gasteiger partial charge in [-0.1, -0.05) is 12.1 Å². The van der Waals surface area contributed by atoms with Crippen molar-refractivity contribution < 1.29 is 4.52 Å². The normalized spacial score (nSPS) is 32.7. The standard InChI is InChI=1S/C14H24N4O/c1-4-12-7-15-14(3,11-5-6-11)9-18(12)8-13-16-10(2)19-17-13/h11-12,15H,4-9H2,1-3H3. The molecule has 0 radical (unpaired) electrons. The van der Waals surface area contributed by atoms with Crippen molar-refractivity contribution in [2.24, 2.45) is 5.92 Å². The first-order valence-corrected chi connectivity index (χ1v) is 7.39. The molecule has 0 amide bonds. The Bertz CT molecular complexity index is 442. The Kier molecular flexibility index (Phi) is 3.35. The van der Waals surface area contributed by atoms with Gasteiger partial charge < -0.3 is 9.84 Å². The highest BCUT2D eigenvalue weighted by Crippen LogP contribution is 2.41. The first-order valence-electron chi connectivity index (χ1n) is 7.39.